The van der Waals surface area contributed by atoms with E-state index < -0.39 is 0 Å². The Bertz CT molecular complexity index is 635. The van der Waals surface area contributed by atoms with Crippen molar-refractivity contribution in [3.8, 4) is 11.4 Å². The van der Waals surface area contributed by atoms with E-state index in [2.05, 4.69) is 12.0 Å². The predicted molar refractivity (Wildman–Crippen MR) is 79.7 cm³/mol. The number of aromatic hydroxyl groups is 1. The van der Waals surface area contributed by atoms with Gasteiger partial charge in [-0.1, -0.05) is 25.5 Å². The monoisotopic (exact) mass is 292 g/mol. The minimum absolute atomic E-state index is 0.0562. The topological polar surface area (TPSA) is 55.1 Å². The van der Waals surface area contributed by atoms with Crippen molar-refractivity contribution in [1.29, 1.82) is 0 Å². The first-order valence-electron chi connectivity index (χ1n) is 6.63. The lowest BCUT2D eigenvalue weighted by Crippen LogP contribution is -2.21. The number of hydrogen-bond donors (Lipinski definition) is 1. The van der Waals surface area contributed by atoms with Gasteiger partial charge in [-0.15, -0.1) is 11.6 Å². The SMILES string of the molecule is CCCCc1ccc(-n2nc(CCl)c(O)cc2=O)cc1. The smallest absolute Gasteiger partial charge is 0.275 e. The van der Waals surface area contributed by atoms with Gasteiger partial charge in [-0.25, -0.2) is 0 Å². The Morgan fingerprint density at radius 3 is 2.60 bits per heavy atom. The Morgan fingerprint density at radius 1 is 1.30 bits per heavy atom. The number of hydrogen-bond acceptors (Lipinski definition) is 3. The van der Waals surface area contributed by atoms with Crippen LogP contribution in [0.1, 0.15) is 31.0 Å². The van der Waals surface area contributed by atoms with E-state index >= 15 is 0 Å². The van der Waals surface area contributed by atoms with Gasteiger partial charge >= 0.3 is 0 Å². The maximum atomic E-state index is 11.9. The predicted octanol–water partition coefficient (Wildman–Crippen LogP) is 3.02. The molecule has 0 radical (unpaired) electrons. The van der Waals surface area contributed by atoms with Gasteiger partial charge in [0, 0.05) is 6.07 Å². The van der Waals surface area contributed by atoms with Crippen LogP contribution in [0.5, 0.6) is 5.75 Å². The first kappa shape index (κ1) is 14.6. The fourth-order valence-electron chi connectivity index (χ4n) is 1.95. The Labute approximate surface area is 122 Å². The van der Waals surface area contributed by atoms with Gasteiger partial charge in [0.2, 0.25) is 0 Å². The van der Waals surface area contributed by atoms with Gasteiger partial charge < -0.3 is 5.11 Å². The Kier molecular flexibility index (Phi) is 4.79. The minimum atomic E-state index is -0.377. The molecule has 4 nitrogen and oxygen atoms in total. The van der Waals surface area contributed by atoms with Crippen molar-refractivity contribution in [2.75, 3.05) is 0 Å². The van der Waals surface area contributed by atoms with Crippen molar-refractivity contribution in [2.45, 2.75) is 32.1 Å². The van der Waals surface area contributed by atoms with Crippen LogP contribution < -0.4 is 5.56 Å². The van der Waals surface area contributed by atoms with E-state index in [0.29, 0.717) is 11.4 Å². The zero-order chi connectivity index (χ0) is 14.5. The van der Waals surface area contributed by atoms with Gasteiger partial charge in [-0.2, -0.15) is 9.78 Å². The van der Waals surface area contributed by atoms with Crippen LogP contribution in [0, 0.1) is 0 Å². The highest BCUT2D eigenvalue weighted by Gasteiger charge is 2.08. The summed E-state index contributed by atoms with van der Waals surface area (Å²) >= 11 is 5.69. The van der Waals surface area contributed by atoms with E-state index in [0.717, 1.165) is 25.3 Å². The summed E-state index contributed by atoms with van der Waals surface area (Å²) < 4.78 is 1.25. The van der Waals surface area contributed by atoms with Crippen molar-refractivity contribution in [2.24, 2.45) is 0 Å². The zero-order valence-corrected chi connectivity index (χ0v) is 12.1. The molecule has 0 aliphatic carbocycles. The van der Waals surface area contributed by atoms with Crippen molar-refractivity contribution in [3.05, 3.63) is 51.9 Å². The second-order valence-electron chi connectivity index (χ2n) is 4.63. The van der Waals surface area contributed by atoms with Crippen LogP contribution >= 0.6 is 11.6 Å². The number of benzene rings is 1. The molecule has 0 aliphatic rings. The molecule has 5 heteroatoms. The molecule has 2 aromatic rings. The first-order valence-corrected chi connectivity index (χ1v) is 7.16. The number of rotatable bonds is 5. The molecule has 0 fully saturated rings. The fourth-order valence-corrected chi connectivity index (χ4v) is 2.14. The molecule has 0 aliphatic heterocycles. The van der Waals surface area contributed by atoms with Crippen LogP contribution in [0.4, 0.5) is 0 Å². The Morgan fingerprint density at radius 2 is 2.00 bits per heavy atom. The van der Waals surface area contributed by atoms with Gasteiger partial charge in [-0.3, -0.25) is 4.79 Å². The molecule has 20 heavy (non-hydrogen) atoms. The summed E-state index contributed by atoms with van der Waals surface area (Å²) in [5.74, 6) is -0.110. The fraction of sp³-hybridized carbons (Fsp3) is 0.333. The molecule has 0 atom stereocenters. The summed E-state index contributed by atoms with van der Waals surface area (Å²) in [6, 6.07) is 8.83. The normalized spacial score (nSPS) is 10.7. The molecule has 1 aromatic carbocycles. The van der Waals surface area contributed by atoms with Gasteiger partial charge in [0.05, 0.1) is 11.6 Å². The van der Waals surface area contributed by atoms with E-state index in [1.807, 2.05) is 24.3 Å². The quantitative estimate of drug-likeness (QED) is 0.862. The minimum Gasteiger partial charge on any atom is -0.506 e. The van der Waals surface area contributed by atoms with Gasteiger partial charge in [0.1, 0.15) is 11.4 Å². The van der Waals surface area contributed by atoms with Crippen LogP contribution in [0.25, 0.3) is 5.69 Å². The standard InChI is InChI=1S/C15H17ClN2O2/c1-2-3-4-11-5-7-12(8-6-11)18-15(20)9-14(19)13(10-16)17-18/h5-9,19H,2-4,10H2,1H3. The number of unbranched alkanes of at least 4 members (excludes halogenated alkanes) is 1. The van der Waals surface area contributed by atoms with E-state index in [9.17, 15) is 9.90 Å². The molecule has 1 N–H and O–H groups in total. The highest BCUT2D eigenvalue weighted by Crippen LogP contribution is 2.15. The van der Waals surface area contributed by atoms with Crippen molar-refractivity contribution in [1.82, 2.24) is 9.78 Å². The summed E-state index contributed by atoms with van der Waals surface area (Å²) in [7, 11) is 0. The molecule has 2 rings (SSSR count). The average Bonchev–Trinajstić information content (AvgIpc) is 2.46. The van der Waals surface area contributed by atoms with Crippen molar-refractivity contribution in [3.63, 3.8) is 0 Å². The number of nitrogens with zero attached hydrogens (tertiary/aromatic N) is 2. The second kappa shape index (κ2) is 6.57. The lowest BCUT2D eigenvalue weighted by molar-refractivity contribution is 0.460. The summed E-state index contributed by atoms with van der Waals surface area (Å²) in [6.45, 7) is 2.15. The van der Waals surface area contributed by atoms with Crippen LogP contribution in [-0.2, 0) is 12.3 Å². The highest BCUT2D eigenvalue weighted by atomic mass is 35.5. The largest absolute Gasteiger partial charge is 0.506 e. The molecule has 0 amide bonds. The van der Waals surface area contributed by atoms with Gasteiger partial charge in [0.25, 0.3) is 5.56 Å². The summed E-state index contributed by atoms with van der Waals surface area (Å²) in [4.78, 5) is 11.9. The lowest BCUT2D eigenvalue weighted by atomic mass is 10.1. The summed E-state index contributed by atoms with van der Waals surface area (Å²) in [6.07, 6.45) is 3.33. The third-order valence-electron chi connectivity index (χ3n) is 3.11. The third-order valence-corrected chi connectivity index (χ3v) is 3.36. The van der Waals surface area contributed by atoms with E-state index in [-0.39, 0.29) is 17.2 Å². The maximum absolute atomic E-state index is 11.9. The second-order valence-corrected chi connectivity index (χ2v) is 4.90. The lowest BCUT2D eigenvalue weighted by Gasteiger charge is -2.08. The Hall–Kier alpha value is -1.81. The molecule has 0 bridgehead atoms. The summed E-state index contributed by atoms with van der Waals surface area (Å²) in [5.41, 5.74) is 1.82. The Balaban J connectivity index is 2.34. The van der Waals surface area contributed by atoms with E-state index in [1.54, 1.807) is 0 Å². The van der Waals surface area contributed by atoms with Crippen molar-refractivity contribution < 1.29 is 5.11 Å². The number of halogens is 1. The molecule has 106 valence electrons. The van der Waals surface area contributed by atoms with E-state index in [1.165, 1.54) is 10.2 Å². The zero-order valence-electron chi connectivity index (χ0n) is 11.3. The number of aryl methyl sites for hydroxylation is 1. The molecular weight excluding hydrogens is 276 g/mol. The molecule has 0 saturated heterocycles. The molecule has 1 aromatic heterocycles. The molecule has 1 heterocycles. The number of aromatic nitrogens is 2. The maximum Gasteiger partial charge on any atom is 0.275 e. The third kappa shape index (κ3) is 3.20. The molecule has 0 unspecified atom stereocenters. The number of alkyl halides is 1. The van der Waals surface area contributed by atoms with Gasteiger partial charge in [0.15, 0.2) is 0 Å². The van der Waals surface area contributed by atoms with E-state index in [4.69, 9.17) is 11.6 Å². The average molecular weight is 293 g/mol. The van der Waals surface area contributed by atoms with Crippen molar-refractivity contribution >= 4 is 11.6 Å². The van der Waals surface area contributed by atoms with Crippen LogP contribution in [0.2, 0.25) is 0 Å². The summed E-state index contributed by atoms with van der Waals surface area (Å²) in [5, 5.41) is 13.6. The van der Waals surface area contributed by atoms with Crippen LogP contribution in [0.15, 0.2) is 35.1 Å². The molecule has 0 saturated carbocycles. The van der Waals surface area contributed by atoms with Crippen LogP contribution in [0.3, 0.4) is 0 Å². The molecular formula is C15H17ClN2O2. The molecule has 0 spiro atoms. The highest BCUT2D eigenvalue weighted by molar-refractivity contribution is 6.17. The first-order chi connectivity index (χ1) is 9.65. The van der Waals surface area contributed by atoms with Crippen LogP contribution in [-0.4, -0.2) is 14.9 Å². The van der Waals surface area contributed by atoms with Gasteiger partial charge in [-0.05, 0) is 30.5 Å².